The maximum atomic E-state index is 4.32. The van der Waals surface area contributed by atoms with Gasteiger partial charge in [-0.05, 0) is 36.1 Å². The summed E-state index contributed by atoms with van der Waals surface area (Å²) in [5.41, 5.74) is 3.30. The first-order chi connectivity index (χ1) is 7.75. The largest absolute Gasteiger partial charge is 1.00 e. The quantitative estimate of drug-likeness (QED) is 0.779. The number of pyridine rings is 2. The van der Waals surface area contributed by atoms with Crippen molar-refractivity contribution >= 4 is 0 Å². The lowest BCUT2D eigenvalue weighted by Gasteiger charge is -2.06. The molecule has 2 heteroatoms. The Labute approximate surface area is 97.9 Å². The average molecular weight is 212 g/mol. The minimum atomic E-state index is 0. The molecule has 2 aromatic heterocycles. The molecule has 0 unspecified atom stereocenters. The van der Waals surface area contributed by atoms with Gasteiger partial charge in [0, 0.05) is 24.2 Å². The van der Waals surface area contributed by atoms with E-state index in [4.69, 9.17) is 0 Å². The Morgan fingerprint density at radius 2 is 2.12 bits per heavy atom. The first kappa shape index (κ1) is 10.8. The van der Waals surface area contributed by atoms with Crippen molar-refractivity contribution in [3.05, 3.63) is 54.3 Å². The molecule has 0 atom stereocenters. The zero-order valence-corrected chi connectivity index (χ0v) is 9.64. The third-order valence-electron chi connectivity index (χ3n) is 2.31. The minimum absolute atomic E-state index is 0. The van der Waals surface area contributed by atoms with Crippen molar-refractivity contribution in [2.45, 2.75) is 20.3 Å². The zero-order chi connectivity index (χ0) is 11.4. The minimum Gasteiger partial charge on any atom is -0.264 e. The van der Waals surface area contributed by atoms with Gasteiger partial charge in [-0.1, -0.05) is 19.9 Å². The van der Waals surface area contributed by atoms with Gasteiger partial charge in [0.15, 0.2) is 0 Å². The number of hydrogen-bond acceptors (Lipinski definition) is 2. The maximum absolute atomic E-state index is 4.32. The van der Waals surface area contributed by atoms with Crippen LogP contribution >= 0.6 is 0 Å². The lowest BCUT2D eigenvalue weighted by molar-refractivity contribution is 0.948. The highest BCUT2D eigenvalue weighted by Gasteiger charge is 2.02. The summed E-state index contributed by atoms with van der Waals surface area (Å²) in [5.74, 6) is 1.39. The molecule has 0 saturated carbocycles. The van der Waals surface area contributed by atoms with E-state index in [0.717, 1.165) is 17.7 Å². The van der Waals surface area contributed by atoms with Gasteiger partial charge in [0.2, 0.25) is 0 Å². The van der Waals surface area contributed by atoms with Crippen LogP contribution in [0.1, 0.15) is 20.8 Å². The van der Waals surface area contributed by atoms with Gasteiger partial charge in [-0.25, -0.2) is 0 Å². The van der Waals surface area contributed by atoms with Gasteiger partial charge in [-0.3, -0.25) is 9.97 Å². The summed E-state index contributed by atoms with van der Waals surface area (Å²) >= 11 is 0. The molecule has 0 fully saturated rings. The van der Waals surface area contributed by atoms with E-state index in [0.29, 0.717) is 0 Å². The fourth-order valence-corrected chi connectivity index (χ4v) is 1.67. The first-order valence-corrected chi connectivity index (χ1v) is 5.40. The van der Waals surface area contributed by atoms with E-state index in [9.17, 15) is 0 Å². The molecule has 0 N–H and O–H groups in total. The maximum Gasteiger partial charge on any atom is 1.00 e. The number of hydrogen-bond donors (Lipinski definition) is 0. The van der Waals surface area contributed by atoms with Crippen molar-refractivity contribution in [3.63, 3.8) is 0 Å². The van der Waals surface area contributed by atoms with E-state index in [1.54, 1.807) is 6.20 Å². The lowest BCUT2D eigenvalue weighted by atomic mass is 10.0. The monoisotopic (exact) mass is 212 g/mol. The van der Waals surface area contributed by atoms with Gasteiger partial charge in [-0.15, -0.1) is 0 Å². The molecule has 81 valence electrons. The van der Waals surface area contributed by atoms with Gasteiger partial charge < -0.3 is 0 Å². The molecular formula is C14H16N2+. The van der Waals surface area contributed by atoms with E-state index in [1.807, 2.05) is 30.6 Å². The molecule has 2 aromatic rings. The standard InChI is InChI=1S/C14H15N2/c1-11(2)7-12-8-13(10-15-9-12)14-5-3-4-6-16-14/h3-6,8-10H,7H2,1-2H3/p+1. The molecule has 2 heterocycles. The van der Waals surface area contributed by atoms with Crippen LogP contribution in [0.4, 0.5) is 0 Å². The van der Waals surface area contributed by atoms with E-state index in [2.05, 4.69) is 29.9 Å². The van der Waals surface area contributed by atoms with Crippen LogP contribution in [0.15, 0.2) is 42.9 Å². The third-order valence-corrected chi connectivity index (χ3v) is 2.31. The Morgan fingerprint density at radius 1 is 1.25 bits per heavy atom. The van der Waals surface area contributed by atoms with Crippen LogP contribution in [-0.4, -0.2) is 9.97 Å². The van der Waals surface area contributed by atoms with Crippen molar-refractivity contribution in [1.82, 2.24) is 9.97 Å². The second kappa shape index (κ2) is 4.88. The molecule has 0 bridgehead atoms. The lowest BCUT2D eigenvalue weighted by Crippen LogP contribution is -1.94. The normalized spacial score (nSPS) is 10.7. The van der Waals surface area contributed by atoms with Crippen LogP contribution in [0.2, 0.25) is 0 Å². The van der Waals surface area contributed by atoms with Crippen molar-refractivity contribution in [3.8, 4) is 11.3 Å². The zero-order valence-electron chi connectivity index (χ0n) is 10.6. The average Bonchev–Trinajstić information content (AvgIpc) is 2.30. The predicted molar refractivity (Wildman–Crippen MR) is 66.9 cm³/mol. The number of nitrogens with zero attached hydrogens (tertiary/aromatic N) is 2. The van der Waals surface area contributed by atoms with Gasteiger partial charge in [0.25, 0.3) is 0 Å². The Bertz CT molecular complexity index is 455. The molecule has 0 spiro atoms. The molecule has 0 saturated heterocycles. The van der Waals surface area contributed by atoms with Gasteiger partial charge in [0.1, 0.15) is 0 Å². The number of aromatic nitrogens is 2. The van der Waals surface area contributed by atoms with Crippen LogP contribution in [0, 0.1) is 5.92 Å². The smallest absolute Gasteiger partial charge is 0.264 e. The highest BCUT2D eigenvalue weighted by molar-refractivity contribution is 5.58. The Kier molecular flexibility index (Phi) is 3.30. The van der Waals surface area contributed by atoms with E-state index in [1.165, 1.54) is 11.5 Å². The SMILES string of the molecule is C[C](C)Cc1cncc(-c2ccccn2)c1.[H+]. The Morgan fingerprint density at radius 3 is 2.81 bits per heavy atom. The summed E-state index contributed by atoms with van der Waals surface area (Å²) in [6.45, 7) is 4.26. The summed E-state index contributed by atoms with van der Waals surface area (Å²) in [5, 5.41) is 0. The highest BCUT2D eigenvalue weighted by atomic mass is 14.7. The highest BCUT2D eigenvalue weighted by Crippen LogP contribution is 2.18. The van der Waals surface area contributed by atoms with Crippen molar-refractivity contribution in [2.24, 2.45) is 0 Å². The molecule has 0 aliphatic carbocycles. The van der Waals surface area contributed by atoms with Crippen LogP contribution < -0.4 is 0 Å². The van der Waals surface area contributed by atoms with Crippen molar-refractivity contribution in [1.29, 1.82) is 0 Å². The molecule has 1 radical (unpaired) electrons. The summed E-state index contributed by atoms with van der Waals surface area (Å²) in [4.78, 5) is 8.58. The second-order valence-corrected chi connectivity index (χ2v) is 4.18. The van der Waals surface area contributed by atoms with Crippen LogP contribution in [0.25, 0.3) is 11.3 Å². The molecule has 2 rings (SSSR count). The van der Waals surface area contributed by atoms with E-state index < -0.39 is 0 Å². The fourth-order valence-electron chi connectivity index (χ4n) is 1.67. The fraction of sp³-hybridized carbons (Fsp3) is 0.214. The van der Waals surface area contributed by atoms with Gasteiger partial charge in [0.05, 0.1) is 5.69 Å². The van der Waals surface area contributed by atoms with Crippen molar-refractivity contribution < 1.29 is 1.43 Å². The molecule has 0 aromatic carbocycles. The van der Waals surface area contributed by atoms with Crippen LogP contribution in [-0.2, 0) is 6.42 Å². The summed E-state index contributed by atoms with van der Waals surface area (Å²) in [6.07, 6.45) is 6.56. The summed E-state index contributed by atoms with van der Waals surface area (Å²) in [6, 6.07) is 8.07. The molecule has 16 heavy (non-hydrogen) atoms. The van der Waals surface area contributed by atoms with Gasteiger partial charge >= 0.3 is 1.43 Å². The number of rotatable bonds is 3. The molecule has 0 aliphatic rings. The van der Waals surface area contributed by atoms with Crippen LogP contribution in [0.5, 0.6) is 0 Å². The summed E-state index contributed by atoms with van der Waals surface area (Å²) in [7, 11) is 0. The molecule has 0 amide bonds. The topological polar surface area (TPSA) is 25.8 Å². The second-order valence-electron chi connectivity index (χ2n) is 4.18. The molecule has 0 aliphatic heterocycles. The van der Waals surface area contributed by atoms with Crippen molar-refractivity contribution in [2.75, 3.05) is 0 Å². The third kappa shape index (κ3) is 2.66. The molecular weight excluding hydrogens is 196 g/mol. The Hall–Kier alpha value is -1.70. The predicted octanol–water partition coefficient (Wildman–Crippen LogP) is 3.41. The van der Waals surface area contributed by atoms with E-state index >= 15 is 0 Å². The van der Waals surface area contributed by atoms with E-state index in [-0.39, 0.29) is 1.43 Å². The first-order valence-electron chi connectivity index (χ1n) is 5.40. The van der Waals surface area contributed by atoms with Crippen LogP contribution in [0.3, 0.4) is 0 Å². The Balaban J connectivity index is 0.00000144. The van der Waals surface area contributed by atoms with Gasteiger partial charge in [-0.2, -0.15) is 0 Å². The summed E-state index contributed by atoms with van der Waals surface area (Å²) < 4.78 is 0. The molecule has 2 nitrogen and oxygen atoms in total.